The highest BCUT2D eigenvalue weighted by Crippen LogP contribution is 2.60. The summed E-state index contributed by atoms with van der Waals surface area (Å²) in [5.74, 6) is -1.55. The van der Waals surface area contributed by atoms with E-state index in [2.05, 4.69) is 10.3 Å². The lowest BCUT2D eigenvalue weighted by molar-refractivity contribution is -0.144. The van der Waals surface area contributed by atoms with E-state index in [9.17, 15) is 9.50 Å². The fourth-order valence-corrected chi connectivity index (χ4v) is 3.20. The Kier molecular flexibility index (Phi) is 2.21. The Morgan fingerprint density at radius 3 is 2.89 bits per heavy atom. The number of hydrogen-bond donors (Lipinski definition) is 3. The van der Waals surface area contributed by atoms with Crippen LogP contribution in [0.15, 0.2) is 6.20 Å². The monoisotopic (exact) mass is 303 g/mol. The topological polar surface area (TPSA) is 84.7 Å². The molecular formula is C10H10FN3O3S2. The minimum Gasteiger partial charge on any atom is -0.391 e. The van der Waals surface area contributed by atoms with Gasteiger partial charge in [0.15, 0.2) is 16.8 Å². The molecule has 0 bridgehead atoms. The molecule has 0 radical (unpaired) electrons. The second-order valence-electron chi connectivity index (χ2n) is 4.98. The maximum atomic E-state index is 13.6. The normalized spacial score (nSPS) is 42.4. The fourth-order valence-electron chi connectivity index (χ4n) is 2.74. The first-order valence-corrected chi connectivity index (χ1v) is 6.56. The van der Waals surface area contributed by atoms with Crippen molar-refractivity contribution in [3.8, 4) is 0 Å². The van der Waals surface area contributed by atoms with E-state index in [0.29, 0.717) is 6.54 Å². The number of aromatic nitrogens is 2. The van der Waals surface area contributed by atoms with Gasteiger partial charge in [-0.2, -0.15) is 0 Å². The number of rotatable bonds is 2. The van der Waals surface area contributed by atoms with Gasteiger partial charge in [-0.05, 0) is 12.2 Å². The fraction of sp³-hybridized carbons (Fsp3) is 0.600. The number of epoxide rings is 1. The van der Waals surface area contributed by atoms with Gasteiger partial charge in [-0.1, -0.05) is 12.2 Å². The van der Waals surface area contributed by atoms with Gasteiger partial charge in [0, 0.05) is 12.7 Å². The van der Waals surface area contributed by atoms with Crippen LogP contribution in [0.5, 0.6) is 0 Å². The highest BCUT2D eigenvalue weighted by molar-refractivity contribution is 7.72. The lowest BCUT2D eigenvalue weighted by Gasteiger charge is -2.23. The molecule has 4 atom stereocenters. The molecule has 3 N–H and O–H groups in total. The molecular weight excluding hydrogens is 293 g/mol. The van der Waals surface area contributed by atoms with E-state index in [-0.39, 0.29) is 22.1 Å². The van der Waals surface area contributed by atoms with Gasteiger partial charge in [-0.15, -0.1) is 0 Å². The van der Waals surface area contributed by atoms with Crippen molar-refractivity contribution in [2.45, 2.75) is 23.7 Å². The van der Waals surface area contributed by atoms with E-state index >= 15 is 0 Å². The maximum absolute atomic E-state index is 13.6. The van der Waals surface area contributed by atoms with Crippen molar-refractivity contribution in [3.05, 3.63) is 21.4 Å². The van der Waals surface area contributed by atoms with Gasteiger partial charge in [0.25, 0.3) is 0 Å². The first-order valence-electron chi connectivity index (χ1n) is 5.75. The lowest BCUT2D eigenvalue weighted by atomic mass is 10.0. The molecule has 3 fully saturated rings. The van der Waals surface area contributed by atoms with E-state index in [1.165, 1.54) is 10.8 Å². The van der Waals surface area contributed by atoms with Crippen LogP contribution in [0.4, 0.5) is 4.39 Å². The van der Waals surface area contributed by atoms with Crippen LogP contribution in [0, 0.1) is 15.2 Å². The second-order valence-corrected chi connectivity index (χ2v) is 5.77. The first kappa shape index (κ1) is 12.1. The number of halogens is 1. The minimum atomic E-state index is -0.980. The summed E-state index contributed by atoms with van der Waals surface area (Å²) in [6, 6.07) is 0. The third-order valence-electron chi connectivity index (χ3n) is 3.86. The van der Waals surface area contributed by atoms with Crippen molar-refractivity contribution in [2.24, 2.45) is 0 Å². The zero-order chi connectivity index (χ0) is 13.4. The molecule has 4 rings (SSSR count). The third-order valence-corrected chi connectivity index (χ3v) is 4.47. The predicted molar refractivity (Wildman–Crippen MR) is 66.0 cm³/mol. The highest BCUT2D eigenvalue weighted by atomic mass is 32.1. The Bertz CT molecular complexity index is 685. The number of aromatic amines is 1. The number of hydrogen-bond acceptors (Lipinski definition) is 6. The average molecular weight is 303 g/mol. The lowest BCUT2D eigenvalue weighted by Crippen LogP contribution is -2.33. The standard InChI is InChI=1S/C10H10FN3O3S2/c11-4-1-14(8(19)13-5(4)18)7-9(2-12-9)6-10(3-15,16-6)17-7/h1,6-7,12,15H,2-3H2,(H,13,18,19)/t6-,7-,9?,10?/m1/s1. The minimum absolute atomic E-state index is 0.0321. The van der Waals surface area contributed by atoms with Gasteiger partial charge in [-0.25, -0.2) is 4.39 Å². The summed E-state index contributed by atoms with van der Waals surface area (Å²) < 4.78 is 26.5. The van der Waals surface area contributed by atoms with Crippen molar-refractivity contribution in [2.75, 3.05) is 13.2 Å². The Morgan fingerprint density at radius 2 is 2.26 bits per heavy atom. The van der Waals surface area contributed by atoms with Crippen molar-refractivity contribution in [3.63, 3.8) is 0 Å². The molecule has 3 aliphatic heterocycles. The van der Waals surface area contributed by atoms with Crippen molar-refractivity contribution in [1.82, 2.24) is 14.9 Å². The Labute approximate surface area is 117 Å². The van der Waals surface area contributed by atoms with Crippen LogP contribution in [0.1, 0.15) is 6.23 Å². The molecule has 2 unspecified atom stereocenters. The number of ether oxygens (including phenoxy) is 2. The number of aliphatic hydroxyl groups is 1. The average Bonchev–Trinajstić information content (AvgIpc) is 3.24. The number of H-pyrrole nitrogens is 1. The maximum Gasteiger partial charge on any atom is 0.223 e. The van der Waals surface area contributed by atoms with Crippen molar-refractivity contribution < 1.29 is 19.0 Å². The molecule has 0 amide bonds. The highest BCUT2D eigenvalue weighted by Gasteiger charge is 2.81. The van der Waals surface area contributed by atoms with Gasteiger partial charge in [0.2, 0.25) is 5.79 Å². The number of aliphatic hydroxyl groups excluding tert-OH is 1. The number of nitrogens with zero attached hydrogens (tertiary/aromatic N) is 1. The number of fused-ring (bicyclic) bond motifs is 2. The molecule has 1 aromatic rings. The van der Waals surface area contributed by atoms with Gasteiger partial charge in [0.1, 0.15) is 22.9 Å². The summed E-state index contributed by atoms with van der Waals surface area (Å²) in [6.07, 6.45) is 0.471. The van der Waals surface area contributed by atoms with Crippen LogP contribution in [-0.4, -0.2) is 45.2 Å². The molecule has 3 saturated heterocycles. The molecule has 6 nitrogen and oxygen atoms in total. The van der Waals surface area contributed by atoms with Crippen molar-refractivity contribution >= 4 is 24.4 Å². The van der Waals surface area contributed by atoms with E-state index in [1.807, 2.05) is 0 Å². The molecule has 0 aliphatic carbocycles. The van der Waals surface area contributed by atoms with Crippen LogP contribution < -0.4 is 5.32 Å². The molecule has 102 valence electrons. The van der Waals surface area contributed by atoms with E-state index in [1.54, 1.807) is 0 Å². The third kappa shape index (κ3) is 1.42. The smallest absolute Gasteiger partial charge is 0.223 e. The van der Waals surface area contributed by atoms with Crippen LogP contribution in [0.3, 0.4) is 0 Å². The Balaban J connectivity index is 1.81. The van der Waals surface area contributed by atoms with E-state index in [0.717, 1.165) is 0 Å². The van der Waals surface area contributed by atoms with Gasteiger partial charge >= 0.3 is 0 Å². The number of nitrogens with one attached hydrogen (secondary N) is 2. The summed E-state index contributed by atoms with van der Waals surface area (Å²) in [5.41, 5.74) is -0.440. The molecule has 19 heavy (non-hydrogen) atoms. The van der Waals surface area contributed by atoms with Crippen LogP contribution in [0.25, 0.3) is 0 Å². The van der Waals surface area contributed by atoms with Gasteiger partial charge in [0.05, 0.1) is 0 Å². The zero-order valence-electron chi connectivity index (χ0n) is 9.55. The predicted octanol–water partition coefficient (Wildman–Crippen LogP) is 0.372. The molecule has 3 aliphatic rings. The zero-order valence-corrected chi connectivity index (χ0v) is 11.2. The Morgan fingerprint density at radius 1 is 1.53 bits per heavy atom. The van der Waals surface area contributed by atoms with Crippen LogP contribution in [0.2, 0.25) is 0 Å². The molecule has 0 saturated carbocycles. The molecule has 9 heteroatoms. The van der Waals surface area contributed by atoms with Gasteiger partial charge < -0.3 is 24.9 Å². The Hall–Kier alpha value is -0.710. The van der Waals surface area contributed by atoms with E-state index < -0.39 is 23.4 Å². The summed E-state index contributed by atoms with van der Waals surface area (Å²) >= 11 is 9.95. The SMILES string of the molecule is OCC12O[C@@H](n3cc(F)c(=S)[nH]c3=S)C3(CN3)[C@H]1O2. The molecule has 4 heterocycles. The van der Waals surface area contributed by atoms with Crippen LogP contribution in [-0.2, 0) is 9.47 Å². The van der Waals surface area contributed by atoms with Gasteiger partial charge in [-0.3, -0.25) is 4.57 Å². The molecule has 1 aromatic heterocycles. The molecule has 1 spiro atoms. The summed E-state index contributed by atoms with van der Waals surface area (Å²) in [6.45, 7) is 0.430. The van der Waals surface area contributed by atoms with Crippen LogP contribution >= 0.6 is 24.4 Å². The molecule has 0 aromatic carbocycles. The summed E-state index contributed by atoms with van der Waals surface area (Å²) in [5, 5.41) is 12.5. The largest absolute Gasteiger partial charge is 0.391 e. The van der Waals surface area contributed by atoms with E-state index in [4.69, 9.17) is 33.9 Å². The van der Waals surface area contributed by atoms with Crippen molar-refractivity contribution in [1.29, 1.82) is 0 Å². The first-order chi connectivity index (χ1) is 9.02. The quantitative estimate of drug-likeness (QED) is 0.541. The second kappa shape index (κ2) is 3.48. The summed E-state index contributed by atoms with van der Waals surface area (Å²) in [7, 11) is 0. The summed E-state index contributed by atoms with van der Waals surface area (Å²) in [4.78, 5) is 2.62.